The summed E-state index contributed by atoms with van der Waals surface area (Å²) in [6.45, 7) is 0.797. The first-order valence-corrected chi connectivity index (χ1v) is 8.35. The number of nitrogens with zero attached hydrogens (tertiary/aromatic N) is 2. The predicted octanol–water partition coefficient (Wildman–Crippen LogP) is 1.29. The van der Waals surface area contributed by atoms with Crippen molar-refractivity contribution in [3.05, 3.63) is 35.6 Å². The predicted molar refractivity (Wildman–Crippen MR) is 87.2 cm³/mol. The van der Waals surface area contributed by atoms with Gasteiger partial charge in [0.1, 0.15) is 5.82 Å². The third-order valence-corrected chi connectivity index (χ3v) is 5.59. The second-order valence-corrected chi connectivity index (χ2v) is 6.84. The molecule has 0 saturated carbocycles. The van der Waals surface area contributed by atoms with Crippen molar-refractivity contribution in [2.75, 3.05) is 20.1 Å². The zero-order chi connectivity index (χ0) is 18.2. The Hall–Kier alpha value is -2.44. The van der Waals surface area contributed by atoms with Crippen molar-refractivity contribution in [2.45, 2.75) is 31.2 Å². The third kappa shape index (κ3) is 3.10. The largest absolute Gasteiger partial charge is 0.481 e. The van der Waals surface area contributed by atoms with Gasteiger partial charge in [-0.3, -0.25) is 14.4 Å². The molecule has 0 bridgehead atoms. The first-order valence-electron chi connectivity index (χ1n) is 8.35. The number of carbonyl (C=O) groups is 3. The minimum absolute atomic E-state index is 0.0169. The Morgan fingerprint density at radius 1 is 1.32 bits per heavy atom. The van der Waals surface area contributed by atoms with Gasteiger partial charge in [0.15, 0.2) is 0 Å². The highest BCUT2D eigenvalue weighted by Gasteiger charge is 2.55. The minimum Gasteiger partial charge on any atom is -0.481 e. The first kappa shape index (κ1) is 17.4. The molecule has 1 aromatic carbocycles. The van der Waals surface area contributed by atoms with Gasteiger partial charge in [0.25, 0.3) is 0 Å². The molecule has 2 aliphatic heterocycles. The van der Waals surface area contributed by atoms with Crippen LogP contribution in [0.2, 0.25) is 0 Å². The number of carboxylic acid groups (broad SMARTS) is 1. The Morgan fingerprint density at radius 2 is 2.00 bits per heavy atom. The summed E-state index contributed by atoms with van der Waals surface area (Å²) in [5, 5.41) is 9.47. The van der Waals surface area contributed by atoms with Gasteiger partial charge >= 0.3 is 5.97 Å². The molecule has 0 aromatic heterocycles. The Labute approximate surface area is 145 Å². The summed E-state index contributed by atoms with van der Waals surface area (Å²) >= 11 is 0. The van der Waals surface area contributed by atoms with Gasteiger partial charge in [0.05, 0.1) is 17.9 Å². The summed E-state index contributed by atoms with van der Waals surface area (Å²) in [6.07, 6.45) is 1.02. The molecule has 3 rings (SSSR count). The Morgan fingerprint density at radius 3 is 2.60 bits per heavy atom. The van der Waals surface area contributed by atoms with Crippen LogP contribution in [0.4, 0.5) is 4.39 Å². The minimum atomic E-state index is -0.961. The molecule has 0 aliphatic carbocycles. The topological polar surface area (TPSA) is 77.9 Å². The summed E-state index contributed by atoms with van der Waals surface area (Å²) in [7, 11) is 1.65. The molecule has 134 valence electrons. The van der Waals surface area contributed by atoms with Crippen LogP contribution in [0.3, 0.4) is 0 Å². The van der Waals surface area contributed by atoms with Crippen molar-refractivity contribution in [3.63, 3.8) is 0 Å². The molecule has 25 heavy (non-hydrogen) atoms. The maximum atomic E-state index is 13.2. The highest BCUT2D eigenvalue weighted by Crippen LogP contribution is 2.42. The zero-order valence-corrected chi connectivity index (χ0v) is 14.1. The van der Waals surface area contributed by atoms with Gasteiger partial charge in [-0.05, 0) is 30.5 Å². The molecule has 6 nitrogen and oxygen atoms in total. The Balaban J connectivity index is 1.67. The average molecular weight is 348 g/mol. The van der Waals surface area contributed by atoms with E-state index in [9.17, 15) is 23.9 Å². The van der Waals surface area contributed by atoms with E-state index in [1.807, 2.05) is 0 Å². The number of hydrogen-bond acceptors (Lipinski definition) is 3. The van der Waals surface area contributed by atoms with Gasteiger partial charge in [-0.25, -0.2) is 4.39 Å². The maximum absolute atomic E-state index is 13.2. The van der Waals surface area contributed by atoms with Crippen molar-refractivity contribution in [1.82, 2.24) is 9.80 Å². The second-order valence-electron chi connectivity index (χ2n) is 6.84. The molecule has 1 aromatic rings. The van der Waals surface area contributed by atoms with Crippen LogP contribution in [0.25, 0.3) is 0 Å². The van der Waals surface area contributed by atoms with Gasteiger partial charge in [-0.15, -0.1) is 0 Å². The quantitative estimate of drug-likeness (QED) is 0.893. The first-order chi connectivity index (χ1) is 11.8. The van der Waals surface area contributed by atoms with E-state index in [1.165, 1.54) is 12.1 Å². The Kier molecular flexibility index (Phi) is 4.49. The molecule has 0 unspecified atom stereocenters. The molecule has 2 saturated heterocycles. The fraction of sp³-hybridized carbons (Fsp3) is 0.500. The van der Waals surface area contributed by atoms with Crippen LogP contribution in [0.15, 0.2) is 24.3 Å². The summed E-state index contributed by atoms with van der Waals surface area (Å²) in [5.41, 5.74) is -0.0969. The van der Waals surface area contributed by atoms with Gasteiger partial charge in [0.2, 0.25) is 11.8 Å². The summed E-state index contributed by atoms with van der Waals surface area (Å²) in [6, 6.07) is 5.95. The molecule has 1 spiro atoms. The zero-order valence-electron chi connectivity index (χ0n) is 14.1. The lowest BCUT2D eigenvalue weighted by atomic mass is 9.77. The van der Waals surface area contributed by atoms with Crippen molar-refractivity contribution in [2.24, 2.45) is 5.92 Å². The van der Waals surface area contributed by atoms with E-state index in [2.05, 4.69) is 0 Å². The standard InChI is InChI=1S/C18H21FN2O4/c1-20-15(22)11-14(17(24)25)18(20)5-7-21(8-6-18)16(23)10-12-3-2-4-13(19)9-12/h2-4,9,14H,5-8,10-11H2,1H3,(H,24,25)/t14-/m0/s1. The molecule has 2 amide bonds. The molecule has 1 atom stereocenters. The van der Waals surface area contributed by atoms with Gasteiger partial charge in [-0.1, -0.05) is 12.1 Å². The Bertz CT molecular complexity index is 713. The highest BCUT2D eigenvalue weighted by atomic mass is 19.1. The number of piperidine rings is 1. The van der Waals surface area contributed by atoms with E-state index in [4.69, 9.17) is 0 Å². The molecule has 2 fully saturated rings. The fourth-order valence-corrected chi connectivity index (χ4v) is 4.06. The fourth-order valence-electron chi connectivity index (χ4n) is 4.06. The van der Waals surface area contributed by atoms with Crippen molar-refractivity contribution < 1.29 is 23.9 Å². The highest BCUT2D eigenvalue weighted by molar-refractivity contribution is 5.88. The van der Waals surface area contributed by atoms with Crippen LogP contribution < -0.4 is 0 Å². The number of hydrogen-bond donors (Lipinski definition) is 1. The van der Waals surface area contributed by atoms with Crippen molar-refractivity contribution in [1.29, 1.82) is 0 Å². The number of likely N-dealkylation sites (tertiary alicyclic amines) is 2. The summed E-state index contributed by atoms with van der Waals surface area (Å²) < 4.78 is 13.2. The lowest BCUT2D eigenvalue weighted by Crippen LogP contribution is -2.57. The number of aliphatic carboxylic acids is 1. The monoisotopic (exact) mass is 348 g/mol. The summed E-state index contributed by atoms with van der Waals surface area (Å²) in [4.78, 5) is 39.2. The third-order valence-electron chi connectivity index (χ3n) is 5.59. The molecule has 1 N–H and O–H groups in total. The van der Waals surface area contributed by atoms with Gasteiger partial charge in [0, 0.05) is 26.6 Å². The van der Waals surface area contributed by atoms with Gasteiger partial charge < -0.3 is 14.9 Å². The van der Waals surface area contributed by atoms with Crippen LogP contribution in [-0.2, 0) is 20.8 Å². The van der Waals surface area contributed by atoms with Crippen LogP contribution in [0.5, 0.6) is 0 Å². The van der Waals surface area contributed by atoms with E-state index in [1.54, 1.807) is 29.0 Å². The lowest BCUT2D eigenvalue weighted by molar-refractivity contribution is -0.146. The molecular weight excluding hydrogens is 327 g/mol. The van der Waals surface area contributed by atoms with Crippen LogP contribution in [0.1, 0.15) is 24.8 Å². The number of halogens is 1. The van der Waals surface area contributed by atoms with E-state index < -0.39 is 17.4 Å². The molecule has 7 heteroatoms. The normalized spacial score (nSPS) is 22.5. The molecule has 2 heterocycles. The van der Waals surface area contributed by atoms with E-state index in [0.29, 0.717) is 31.5 Å². The maximum Gasteiger partial charge on any atom is 0.309 e. The number of amides is 2. The number of carboxylic acids is 1. The SMILES string of the molecule is CN1C(=O)C[C@@H](C(=O)O)C12CCN(C(=O)Cc1cccc(F)c1)CC2. The van der Waals surface area contributed by atoms with Crippen molar-refractivity contribution >= 4 is 17.8 Å². The molecular formula is C18H21FN2O4. The number of benzene rings is 1. The second kappa shape index (κ2) is 6.46. The number of carbonyl (C=O) groups excluding carboxylic acids is 2. The van der Waals surface area contributed by atoms with Gasteiger partial charge in [-0.2, -0.15) is 0 Å². The van der Waals surface area contributed by atoms with Crippen LogP contribution >= 0.6 is 0 Å². The molecule has 2 aliphatic rings. The van der Waals surface area contributed by atoms with E-state index >= 15 is 0 Å². The van der Waals surface area contributed by atoms with Crippen LogP contribution in [-0.4, -0.2) is 58.4 Å². The van der Waals surface area contributed by atoms with Crippen molar-refractivity contribution in [3.8, 4) is 0 Å². The van der Waals surface area contributed by atoms with Crippen LogP contribution in [0, 0.1) is 11.7 Å². The van der Waals surface area contributed by atoms with E-state index in [0.717, 1.165) is 0 Å². The number of rotatable bonds is 3. The average Bonchev–Trinajstić information content (AvgIpc) is 2.81. The van der Waals surface area contributed by atoms with E-state index in [-0.39, 0.29) is 30.5 Å². The summed E-state index contributed by atoms with van der Waals surface area (Å²) in [5.74, 6) is -2.34. The molecule has 0 radical (unpaired) electrons. The lowest BCUT2D eigenvalue weighted by Gasteiger charge is -2.45. The smallest absolute Gasteiger partial charge is 0.309 e.